The number of fused-ring (bicyclic) bond motifs is 1. The molecule has 0 saturated carbocycles. The molecule has 0 aromatic heterocycles. The first kappa shape index (κ1) is 12.7. The summed E-state index contributed by atoms with van der Waals surface area (Å²) in [6, 6.07) is 16.2. The highest BCUT2D eigenvalue weighted by Crippen LogP contribution is 2.21. The van der Waals surface area contributed by atoms with Crippen LogP contribution in [0.3, 0.4) is 0 Å². The number of hydrogen-bond acceptors (Lipinski definition) is 1. The second-order valence-electron chi connectivity index (χ2n) is 5.29. The Kier molecular flexibility index (Phi) is 3.42. The van der Waals surface area contributed by atoms with Gasteiger partial charge in [-0.05, 0) is 42.5 Å². The molecule has 0 bridgehead atoms. The summed E-state index contributed by atoms with van der Waals surface area (Å²) in [5.74, 6) is 0. The number of carbonyl (C=O) groups is 1. The number of aryl methyl sites for hydroxylation is 1. The fourth-order valence-corrected chi connectivity index (χ4v) is 2.72. The van der Waals surface area contributed by atoms with Gasteiger partial charge in [-0.1, -0.05) is 42.5 Å². The first-order valence-electron chi connectivity index (χ1n) is 6.92. The van der Waals surface area contributed by atoms with E-state index in [4.69, 9.17) is 0 Å². The maximum Gasteiger partial charge on any atom is 0.319 e. The van der Waals surface area contributed by atoms with E-state index in [1.54, 1.807) is 0 Å². The predicted molar refractivity (Wildman–Crippen MR) is 81.0 cm³/mol. The average molecular weight is 266 g/mol. The van der Waals surface area contributed by atoms with Crippen LogP contribution in [0.15, 0.2) is 48.5 Å². The van der Waals surface area contributed by atoms with Crippen LogP contribution in [0, 0.1) is 6.92 Å². The Morgan fingerprint density at radius 1 is 1.00 bits per heavy atom. The first-order valence-corrected chi connectivity index (χ1v) is 6.92. The molecule has 0 fully saturated rings. The van der Waals surface area contributed by atoms with Gasteiger partial charge >= 0.3 is 6.03 Å². The predicted octanol–water partition coefficient (Wildman–Crippen LogP) is 3.28. The molecule has 0 radical (unpaired) electrons. The van der Waals surface area contributed by atoms with Gasteiger partial charge < -0.3 is 10.6 Å². The lowest BCUT2D eigenvalue weighted by Gasteiger charge is -2.14. The van der Waals surface area contributed by atoms with Crippen molar-refractivity contribution in [3.8, 4) is 0 Å². The van der Waals surface area contributed by atoms with Crippen LogP contribution in [0.25, 0.3) is 0 Å². The number of hydrogen-bond donors (Lipinski definition) is 2. The van der Waals surface area contributed by atoms with Gasteiger partial charge in [0, 0.05) is 11.7 Å². The molecule has 2 aromatic carbocycles. The van der Waals surface area contributed by atoms with E-state index in [9.17, 15) is 4.79 Å². The van der Waals surface area contributed by atoms with Gasteiger partial charge in [-0.25, -0.2) is 4.79 Å². The summed E-state index contributed by atoms with van der Waals surface area (Å²) >= 11 is 0. The molecule has 0 aliphatic heterocycles. The minimum absolute atomic E-state index is 0.128. The molecule has 2 N–H and O–H groups in total. The van der Waals surface area contributed by atoms with Gasteiger partial charge in [0.05, 0.1) is 0 Å². The molecule has 3 heteroatoms. The zero-order valence-electron chi connectivity index (χ0n) is 11.5. The highest BCUT2D eigenvalue weighted by Gasteiger charge is 2.22. The maximum absolute atomic E-state index is 12.0. The molecule has 0 atom stereocenters. The van der Waals surface area contributed by atoms with Crippen LogP contribution in [0.4, 0.5) is 10.5 Å². The molecule has 0 heterocycles. The number of amides is 2. The van der Waals surface area contributed by atoms with E-state index in [0.29, 0.717) is 0 Å². The Hall–Kier alpha value is -2.29. The zero-order valence-corrected chi connectivity index (χ0v) is 11.5. The topological polar surface area (TPSA) is 41.1 Å². The van der Waals surface area contributed by atoms with E-state index in [-0.39, 0.29) is 12.1 Å². The SMILES string of the molecule is Cc1ccccc1NC(=O)NC1Cc2ccccc2C1. The molecule has 102 valence electrons. The van der Waals surface area contributed by atoms with Gasteiger partial charge in [0.25, 0.3) is 0 Å². The quantitative estimate of drug-likeness (QED) is 0.860. The van der Waals surface area contributed by atoms with Gasteiger partial charge in [-0.3, -0.25) is 0 Å². The van der Waals surface area contributed by atoms with Gasteiger partial charge in [0.1, 0.15) is 0 Å². The maximum atomic E-state index is 12.0. The third kappa shape index (κ3) is 2.67. The van der Waals surface area contributed by atoms with Gasteiger partial charge in [-0.15, -0.1) is 0 Å². The minimum atomic E-state index is -0.128. The van der Waals surface area contributed by atoms with E-state index < -0.39 is 0 Å². The molecule has 3 rings (SSSR count). The number of urea groups is 1. The fraction of sp³-hybridized carbons (Fsp3) is 0.235. The number of nitrogens with one attached hydrogen (secondary N) is 2. The van der Waals surface area contributed by atoms with Crippen LogP contribution in [0.1, 0.15) is 16.7 Å². The number of carbonyl (C=O) groups excluding carboxylic acids is 1. The van der Waals surface area contributed by atoms with Crippen molar-refractivity contribution in [1.82, 2.24) is 5.32 Å². The van der Waals surface area contributed by atoms with Crippen molar-refractivity contribution in [2.75, 3.05) is 5.32 Å². The fourth-order valence-electron chi connectivity index (χ4n) is 2.72. The lowest BCUT2D eigenvalue weighted by atomic mass is 10.1. The van der Waals surface area contributed by atoms with Crippen molar-refractivity contribution < 1.29 is 4.79 Å². The van der Waals surface area contributed by atoms with Crippen LogP contribution in [-0.4, -0.2) is 12.1 Å². The monoisotopic (exact) mass is 266 g/mol. The van der Waals surface area contributed by atoms with Crippen molar-refractivity contribution >= 4 is 11.7 Å². The highest BCUT2D eigenvalue weighted by molar-refractivity contribution is 5.90. The molecule has 1 aliphatic rings. The average Bonchev–Trinajstić information content (AvgIpc) is 2.83. The van der Waals surface area contributed by atoms with E-state index in [1.807, 2.05) is 31.2 Å². The number of anilines is 1. The standard InChI is InChI=1S/C17H18N2O/c1-12-6-2-5-9-16(12)19-17(20)18-15-10-13-7-3-4-8-14(13)11-15/h2-9,15H,10-11H2,1H3,(H2,18,19,20). The molecule has 2 aromatic rings. The normalized spacial score (nSPS) is 13.8. The van der Waals surface area contributed by atoms with Gasteiger partial charge in [0.15, 0.2) is 0 Å². The summed E-state index contributed by atoms with van der Waals surface area (Å²) in [7, 11) is 0. The number of benzene rings is 2. The zero-order chi connectivity index (χ0) is 13.9. The lowest BCUT2D eigenvalue weighted by Crippen LogP contribution is -2.38. The molecule has 0 unspecified atom stereocenters. The molecule has 20 heavy (non-hydrogen) atoms. The van der Waals surface area contributed by atoms with E-state index in [0.717, 1.165) is 24.1 Å². The van der Waals surface area contributed by atoms with Gasteiger partial charge in [0.2, 0.25) is 0 Å². The summed E-state index contributed by atoms with van der Waals surface area (Å²) in [6.45, 7) is 1.99. The number of rotatable bonds is 2. The highest BCUT2D eigenvalue weighted by atomic mass is 16.2. The van der Waals surface area contributed by atoms with Crippen LogP contribution in [0.2, 0.25) is 0 Å². The van der Waals surface area contributed by atoms with E-state index >= 15 is 0 Å². The van der Waals surface area contributed by atoms with Crippen molar-refractivity contribution in [3.05, 3.63) is 65.2 Å². The Balaban J connectivity index is 1.60. The second kappa shape index (κ2) is 5.37. The Labute approximate surface area is 119 Å². The second-order valence-corrected chi connectivity index (χ2v) is 5.29. The van der Waals surface area contributed by atoms with Crippen LogP contribution >= 0.6 is 0 Å². The van der Waals surface area contributed by atoms with Crippen molar-refractivity contribution in [1.29, 1.82) is 0 Å². The largest absolute Gasteiger partial charge is 0.334 e. The molecule has 3 nitrogen and oxygen atoms in total. The number of para-hydroxylation sites is 1. The van der Waals surface area contributed by atoms with Crippen LogP contribution in [0.5, 0.6) is 0 Å². The van der Waals surface area contributed by atoms with Crippen molar-refractivity contribution in [2.24, 2.45) is 0 Å². The smallest absolute Gasteiger partial charge is 0.319 e. The molecular weight excluding hydrogens is 248 g/mol. The van der Waals surface area contributed by atoms with Crippen molar-refractivity contribution in [3.63, 3.8) is 0 Å². The van der Waals surface area contributed by atoms with Crippen LogP contribution < -0.4 is 10.6 Å². The third-order valence-corrected chi connectivity index (χ3v) is 3.78. The van der Waals surface area contributed by atoms with Crippen LogP contribution in [-0.2, 0) is 12.8 Å². The van der Waals surface area contributed by atoms with Crippen molar-refractivity contribution in [2.45, 2.75) is 25.8 Å². The molecular formula is C17H18N2O. The van der Waals surface area contributed by atoms with E-state index in [1.165, 1.54) is 11.1 Å². The summed E-state index contributed by atoms with van der Waals surface area (Å²) in [6.07, 6.45) is 1.83. The van der Waals surface area contributed by atoms with E-state index in [2.05, 4.69) is 34.9 Å². The lowest BCUT2D eigenvalue weighted by molar-refractivity contribution is 0.249. The molecule has 1 aliphatic carbocycles. The molecule has 0 saturated heterocycles. The molecule has 0 spiro atoms. The summed E-state index contributed by atoms with van der Waals surface area (Å²) in [5, 5.41) is 5.97. The molecule has 2 amide bonds. The summed E-state index contributed by atoms with van der Waals surface area (Å²) in [4.78, 5) is 12.0. The Morgan fingerprint density at radius 3 is 2.25 bits per heavy atom. The summed E-state index contributed by atoms with van der Waals surface area (Å²) in [5.41, 5.74) is 4.61. The summed E-state index contributed by atoms with van der Waals surface area (Å²) < 4.78 is 0. The van der Waals surface area contributed by atoms with Gasteiger partial charge in [-0.2, -0.15) is 0 Å². The first-order chi connectivity index (χ1) is 9.72. The third-order valence-electron chi connectivity index (χ3n) is 3.78. The Morgan fingerprint density at radius 2 is 1.60 bits per heavy atom. The Bertz CT molecular complexity index is 611. The minimum Gasteiger partial charge on any atom is -0.334 e.